The molecule has 0 saturated heterocycles. The standard InChI is InChI=1S/C20H23NO3/c1-11-7-12-5-6-21(2)15-8-13-9-16(22)17(23-3)10-14(13)19(18(12)15)20(11)24-4/h7,9-10,15,22H,5-6,8H2,1-4H3. The third-order valence-corrected chi connectivity index (χ3v) is 5.48. The number of nitrogens with zero attached hydrogens (tertiary/aromatic N) is 1. The normalized spacial score (nSPS) is 18.8. The third-order valence-electron chi connectivity index (χ3n) is 5.48. The van der Waals surface area contributed by atoms with Crippen LogP contribution in [0.25, 0.3) is 11.1 Å². The van der Waals surface area contributed by atoms with Crippen LogP contribution in [0, 0.1) is 6.92 Å². The van der Waals surface area contributed by atoms with Crippen molar-refractivity contribution in [3.8, 4) is 28.4 Å². The molecule has 0 spiro atoms. The van der Waals surface area contributed by atoms with Gasteiger partial charge in [-0.1, -0.05) is 6.07 Å². The fourth-order valence-corrected chi connectivity index (χ4v) is 4.32. The van der Waals surface area contributed by atoms with Crippen LogP contribution in [0.2, 0.25) is 0 Å². The Bertz CT molecular complexity index is 828. The second-order valence-electron chi connectivity index (χ2n) is 6.81. The largest absolute Gasteiger partial charge is 0.504 e. The molecule has 4 heteroatoms. The van der Waals surface area contributed by atoms with E-state index in [9.17, 15) is 5.11 Å². The number of phenols is 1. The molecule has 4 rings (SSSR count). The summed E-state index contributed by atoms with van der Waals surface area (Å²) in [5.41, 5.74) is 7.40. The van der Waals surface area contributed by atoms with Crippen LogP contribution in [-0.2, 0) is 12.8 Å². The maximum atomic E-state index is 10.2. The van der Waals surface area contributed by atoms with Gasteiger partial charge in [0.05, 0.1) is 14.2 Å². The Balaban J connectivity index is 2.08. The third kappa shape index (κ3) is 2.02. The van der Waals surface area contributed by atoms with Crippen LogP contribution in [-0.4, -0.2) is 37.8 Å². The van der Waals surface area contributed by atoms with Gasteiger partial charge in [0.1, 0.15) is 5.75 Å². The molecule has 1 heterocycles. The van der Waals surface area contributed by atoms with E-state index in [1.807, 2.05) is 12.1 Å². The second-order valence-corrected chi connectivity index (χ2v) is 6.81. The number of hydrogen-bond acceptors (Lipinski definition) is 4. The maximum absolute atomic E-state index is 10.2. The summed E-state index contributed by atoms with van der Waals surface area (Å²) >= 11 is 0. The summed E-state index contributed by atoms with van der Waals surface area (Å²) in [4.78, 5) is 2.41. The molecule has 4 nitrogen and oxygen atoms in total. The molecule has 1 atom stereocenters. The fourth-order valence-electron chi connectivity index (χ4n) is 4.32. The number of rotatable bonds is 2. The van der Waals surface area contributed by atoms with Gasteiger partial charge in [0.2, 0.25) is 0 Å². The average molecular weight is 325 g/mol. The predicted octanol–water partition coefficient (Wildman–Crippen LogP) is 3.47. The summed E-state index contributed by atoms with van der Waals surface area (Å²) in [6.07, 6.45) is 1.96. The summed E-state index contributed by atoms with van der Waals surface area (Å²) in [5.74, 6) is 1.64. The van der Waals surface area contributed by atoms with Gasteiger partial charge in [-0.2, -0.15) is 0 Å². The van der Waals surface area contributed by atoms with Gasteiger partial charge in [0.25, 0.3) is 0 Å². The van der Waals surface area contributed by atoms with E-state index in [4.69, 9.17) is 9.47 Å². The first-order chi connectivity index (χ1) is 11.5. The van der Waals surface area contributed by atoms with E-state index < -0.39 is 0 Å². The lowest BCUT2D eigenvalue weighted by Crippen LogP contribution is -2.35. The first kappa shape index (κ1) is 15.3. The van der Waals surface area contributed by atoms with Gasteiger partial charge in [-0.15, -0.1) is 0 Å². The minimum atomic E-state index is 0.199. The maximum Gasteiger partial charge on any atom is 0.161 e. The van der Waals surface area contributed by atoms with Crippen molar-refractivity contribution < 1.29 is 14.6 Å². The van der Waals surface area contributed by atoms with Crippen molar-refractivity contribution in [2.75, 3.05) is 27.8 Å². The summed E-state index contributed by atoms with van der Waals surface area (Å²) in [7, 11) is 5.50. The second kappa shape index (κ2) is 5.42. The van der Waals surface area contributed by atoms with Gasteiger partial charge in [-0.3, -0.25) is 4.90 Å². The number of benzene rings is 2. The van der Waals surface area contributed by atoms with Crippen molar-refractivity contribution in [1.82, 2.24) is 4.90 Å². The van der Waals surface area contributed by atoms with Crippen LogP contribution in [0.5, 0.6) is 17.2 Å². The molecular formula is C20H23NO3. The summed E-state index contributed by atoms with van der Waals surface area (Å²) < 4.78 is 11.1. The van der Waals surface area contributed by atoms with Crippen molar-refractivity contribution >= 4 is 0 Å². The van der Waals surface area contributed by atoms with Crippen molar-refractivity contribution in [3.05, 3.63) is 40.5 Å². The van der Waals surface area contributed by atoms with E-state index in [0.717, 1.165) is 41.8 Å². The van der Waals surface area contributed by atoms with Gasteiger partial charge in [0, 0.05) is 18.2 Å². The van der Waals surface area contributed by atoms with E-state index in [1.54, 1.807) is 14.2 Å². The topological polar surface area (TPSA) is 41.9 Å². The highest BCUT2D eigenvalue weighted by Gasteiger charge is 2.35. The molecule has 0 radical (unpaired) electrons. The lowest BCUT2D eigenvalue weighted by atomic mass is 9.76. The smallest absolute Gasteiger partial charge is 0.161 e. The number of aryl methyl sites for hydroxylation is 1. The zero-order valence-corrected chi connectivity index (χ0v) is 14.6. The quantitative estimate of drug-likeness (QED) is 0.918. The van der Waals surface area contributed by atoms with Crippen molar-refractivity contribution in [3.63, 3.8) is 0 Å². The number of phenolic OH excluding ortho intramolecular Hbond substituents is 1. The fraction of sp³-hybridized carbons (Fsp3) is 0.400. The monoisotopic (exact) mass is 325 g/mol. The lowest BCUT2D eigenvalue weighted by molar-refractivity contribution is 0.227. The number of fused-ring (bicyclic) bond motifs is 2. The van der Waals surface area contributed by atoms with E-state index in [0.29, 0.717) is 11.8 Å². The highest BCUT2D eigenvalue weighted by Crippen LogP contribution is 2.51. The molecule has 0 saturated carbocycles. The Kier molecular flexibility index (Phi) is 3.46. The number of ether oxygens (including phenoxy) is 2. The molecule has 0 fully saturated rings. The van der Waals surface area contributed by atoms with Gasteiger partial charge < -0.3 is 14.6 Å². The van der Waals surface area contributed by atoms with Crippen LogP contribution in [0.3, 0.4) is 0 Å². The minimum absolute atomic E-state index is 0.199. The molecule has 24 heavy (non-hydrogen) atoms. The molecule has 2 aliphatic rings. The van der Waals surface area contributed by atoms with Crippen molar-refractivity contribution in [2.24, 2.45) is 0 Å². The van der Waals surface area contributed by atoms with E-state index in [2.05, 4.69) is 24.9 Å². The summed E-state index contributed by atoms with van der Waals surface area (Å²) in [5, 5.41) is 10.2. The highest BCUT2D eigenvalue weighted by molar-refractivity contribution is 5.83. The van der Waals surface area contributed by atoms with Gasteiger partial charge in [0.15, 0.2) is 11.5 Å². The zero-order chi connectivity index (χ0) is 17.0. The van der Waals surface area contributed by atoms with E-state index in [-0.39, 0.29) is 5.75 Å². The molecule has 0 amide bonds. The van der Waals surface area contributed by atoms with Crippen LogP contribution < -0.4 is 9.47 Å². The van der Waals surface area contributed by atoms with E-state index >= 15 is 0 Å². The van der Waals surface area contributed by atoms with Crippen LogP contribution in [0.4, 0.5) is 0 Å². The van der Waals surface area contributed by atoms with Crippen molar-refractivity contribution in [1.29, 1.82) is 0 Å². The Hall–Kier alpha value is -2.20. The van der Waals surface area contributed by atoms with Gasteiger partial charge in [-0.05, 0) is 66.8 Å². The number of likely N-dealkylation sites (N-methyl/N-ethyl adjacent to an activating group) is 1. The Morgan fingerprint density at radius 2 is 1.92 bits per heavy atom. The Labute approximate surface area is 142 Å². The van der Waals surface area contributed by atoms with Gasteiger partial charge >= 0.3 is 0 Å². The van der Waals surface area contributed by atoms with E-state index in [1.165, 1.54) is 16.7 Å². The molecule has 1 N–H and O–H groups in total. The van der Waals surface area contributed by atoms with Gasteiger partial charge in [-0.25, -0.2) is 0 Å². The summed E-state index contributed by atoms with van der Waals surface area (Å²) in [6, 6.07) is 6.41. The first-order valence-corrected chi connectivity index (χ1v) is 8.36. The van der Waals surface area contributed by atoms with Crippen LogP contribution in [0.15, 0.2) is 18.2 Å². The minimum Gasteiger partial charge on any atom is -0.504 e. The molecule has 2 aromatic carbocycles. The van der Waals surface area contributed by atoms with Crippen LogP contribution in [0.1, 0.15) is 28.3 Å². The molecule has 1 aliphatic heterocycles. The number of methoxy groups -OCH3 is 2. The Morgan fingerprint density at radius 1 is 1.12 bits per heavy atom. The first-order valence-electron chi connectivity index (χ1n) is 8.36. The zero-order valence-electron chi connectivity index (χ0n) is 14.6. The molecule has 2 aromatic rings. The average Bonchev–Trinajstić information content (AvgIpc) is 2.57. The SMILES string of the molecule is COc1cc2c(cc1O)CC1c3c(cc(C)c(OC)c3-2)CCN1C. The molecule has 0 bridgehead atoms. The molecular weight excluding hydrogens is 302 g/mol. The summed E-state index contributed by atoms with van der Waals surface area (Å²) in [6.45, 7) is 3.16. The van der Waals surface area contributed by atoms with Crippen LogP contribution >= 0.6 is 0 Å². The number of hydrogen-bond donors (Lipinski definition) is 1. The molecule has 126 valence electrons. The molecule has 1 aliphatic carbocycles. The lowest BCUT2D eigenvalue weighted by Gasteiger charge is -2.40. The number of aromatic hydroxyl groups is 1. The Morgan fingerprint density at radius 3 is 2.62 bits per heavy atom. The van der Waals surface area contributed by atoms with Crippen molar-refractivity contribution in [2.45, 2.75) is 25.8 Å². The molecule has 0 aromatic heterocycles. The molecule has 1 unspecified atom stereocenters. The predicted molar refractivity (Wildman–Crippen MR) is 94.2 cm³/mol. The highest BCUT2D eigenvalue weighted by atomic mass is 16.5.